The van der Waals surface area contributed by atoms with Gasteiger partial charge in [0.05, 0.1) is 0 Å². The van der Waals surface area contributed by atoms with E-state index in [1.54, 1.807) is 0 Å². The van der Waals surface area contributed by atoms with Crippen molar-refractivity contribution in [1.82, 2.24) is 0 Å². The third-order valence-electron chi connectivity index (χ3n) is 1.48. The van der Waals surface area contributed by atoms with Gasteiger partial charge in [-0.3, -0.25) is 0 Å². The maximum Gasteiger partial charge on any atom is 0.508 e. The van der Waals surface area contributed by atoms with Gasteiger partial charge in [-0.1, -0.05) is 13.8 Å². The fourth-order valence-electron chi connectivity index (χ4n) is 0.675. The highest BCUT2D eigenvalue weighted by atomic mass is 31.1. The Kier molecular flexibility index (Phi) is 7.67. The SMILES string of the molecule is CC(C)CCO[P+](=O)CCCN. The zero-order chi connectivity index (χ0) is 9.40. The van der Waals surface area contributed by atoms with Crippen LogP contribution in [0.15, 0.2) is 0 Å². The molecule has 0 spiro atoms. The van der Waals surface area contributed by atoms with Crippen molar-refractivity contribution in [3.05, 3.63) is 0 Å². The van der Waals surface area contributed by atoms with E-state index in [4.69, 9.17) is 10.3 Å². The summed E-state index contributed by atoms with van der Waals surface area (Å²) >= 11 is 0. The molecule has 0 radical (unpaired) electrons. The molecule has 0 rings (SSSR count). The number of rotatable bonds is 7. The lowest BCUT2D eigenvalue weighted by atomic mass is 10.2. The summed E-state index contributed by atoms with van der Waals surface area (Å²) in [5, 5.41) is 0. The standard InChI is InChI=1S/C8H19NO2P/c1-8(2)4-6-11-12(10)7-3-5-9/h8H,3-7,9H2,1-2H3/q+1. The average Bonchev–Trinajstić information content (AvgIpc) is 2.00. The summed E-state index contributed by atoms with van der Waals surface area (Å²) in [6, 6.07) is 0. The summed E-state index contributed by atoms with van der Waals surface area (Å²) in [6.07, 6.45) is 2.37. The predicted octanol–water partition coefficient (Wildman–Crippen LogP) is 2.14. The second kappa shape index (κ2) is 7.66. The highest BCUT2D eigenvalue weighted by Crippen LogP contribution is 2.23. The summed E-state index contributed by atoms with van der Waals surface area (Å²) < 4.78 is 16.2. The van der Waals surface area contributed by atoms with Crippen LogP contribution in [-0.4, -0.2) is 19.3 Å². The molecule has 12 heavy (non-hydrogen) atoms. The van der Waals surface area contributed by atoms with Crippen molar-refractivity contribution in [2.45, 2.75) is 26.7 Å². The van der Waals surface area contributed by atoms with Crippen molar-refractivity contribution in [2.24, 2.45) is 11.7 Å². The number of hydrogen-bond acceptors (Lipinski definition) is 3. The summed E-state index contributed by atoms with van der Waals surface area (Å²) in [7, 11) is -1.45. The van der Waals surface area contributed by atoms with Crippen molar-refractivity contribution in [2.75, 3.05) is 19.3 Å². The first-order valence-corrected chi connectivity index (χ1v) is 5.80. The molecule has 72 valence electrons. The van der Waals surface area contributed by atoms with Gasteiger partial charge < -0.3 is 5.73 Å². The molecule has 0 saturated heterocycles. The Morgan fingerprint density at radius 2 is 2.17 bits per heavy atom. The molecule has 0 amide bonds. The van der Waals surface area contributed by atoms with Crippen molar-refractivity contribution in [3.8, 4) is 0 Å². The van der Waals surface area contributed by atoms with Gasteiger partial charge in [-0.25, -0.2) is 0 Å². The van der Waals surface area contributed by atoms with Crippen LogP contribution < -0.4 is 5.73 Å². The second-order valence-electron chi connectivity index (χ2n) is 3.21. The zero-order valence-electron chi connectivity index (χ0n) is 7.95. The van der Waals surface area contributed by atoms with Gasteiger partial charge in [-0.15, -0.1) is 4.52 Å². The molecule has 0 aliphatic carbocycles. The van der Waals surface area contributed by atoms with Gasteiger partial charge in [-0.05, 0) is 23.4 Å². The molecule has 0 aliphatic heterocycles. The molecule has 1 atom stereocenters. The molecule has 0 bridgehead atoms. The number of nitrogens with two attached hydrogens (primary N) is 1. The van der Waals surface area contributed by atoms with E-state index in [1.807, 2.05) is 0 Å². The maximum absolute atomic E-state index is 11.1. The lowest BCUT2D eigenvalue weighted by Gasteiger charge is -1.97. The van der Waals surface area contributed by atoms with Crippen molar-refractivity contribution in [1.29, 1.82) is 0 Å². The second-order valence-corrected chi connectivity index (χ2v) is 4.59. The van der Waals surface area contributed by atoms with Gasteiger partial charge in [0.2, 0.25) is 0 Å². The van der Waals surface area contributed by atoms with Gasteiger partial charge in [0, 0.05) is 6.42 Å². The average molecular weight is 192 g/mol. The minimum Gasteiger partial charge on any atom is -0.330 e. The van der Waals surface area contributed by atoms with E-state index in [0.717, 1.165) is 12.8 Å². The van der Waals surface area contributed by atoms with E-state index in [-0.39, 0.29) is 0 Å². The molecule has 0 heterocycles. The first-order valence-electron chi connectivity index (χ1n) is 4.44. The molecule has 0 aliphatic rings. The highest BCUT2D eigenvalue weighted by Gasteiger charge is 2.15. The molecule has 1 unspecified atom stereocenters. The largest absolute Gasteiger partial charge is 0.508 e. The van der Waals surface area contributed by atoms with Gasteiger partial charge in [0.25, 0.3) is 0 Å². The monoisotopic (exact) mass is 192 g/mol. The van der Waals surface area contributed by atoms with E-state index < -0.39 is 8.03 Å². The number of hydrogen-bond donors (Lipinski definition) is 1. The normalized spacial score (nSPS) is 12.2. The first kappa shape index (κ1) is 12.0. The Labute approximate surface area is 75.5 Å². The molecule has 0 fully saturated rings. The quantitative estimate of drug-likeness (QED) is 0.629. The molecular weight excluding hydrogens is 173 g/mol. The Morgan fingerprint density at radius 1 is 1.50 bits per heavy atom. The molecule has 0 aromatic carbocycles. The van der Waals surface area contributed by atoms with Gasteiger partial charge in [0.1, 0.15) is 6.61 Å². The lowest BCUT2D eigenvalue weighted by molar-refractivity contribution is 0.300. The molecule has 4 heteroatoms. The smallest absolute Gasteiger partial charge is 0.330 e. The zero-order valence-corrected chi connectivity index (χ0v) is 8.85. The van der Waals surface area contributed by atoms with Crippen LogP contribution in [-0.2, 0) is 9.09 Å². The van der Waals surface area contributed by atoms with Crippen molar-refractivity contribution in [3.63, 3.8) is 0 Å². The Bertz CT molecular complexity index is 128. The lowest BCUT2D eigenvalue weighted by Crippen LogP contribution is -2.00. The van der Waals surface area contributed by atoms with Crippen LogP contribution in [0, 0.1) is 5.92 Å². The van der Waals surface area contributed by atoms with E-state index in [9.17, 15) is 4.57 Å². The van der Waals surface area contributed by atoms with Gasteiger partial charge >= 0.3 is 8.03 Å². The van der Waals surface area contributed by atoms with Crippen LogP contribution in [0.1, 0.15) is 26.7 Å². The minimum absolute atomic E-state index is 0.592. The fraction of sp³-hybridized carbons (Fsp3) is 1.00. The topological polar surface area (TPSA) is 52.3 Å². The summed E-state index contributed by atoms with van der Waals surface area (Å²) in [4.78, 5) is 0. The van der Waals surface area contributed by atoms with Crippen LogP contribution in [0.2, 0.25) is 0 Å². The predicted molar refractivity (Wildman–Crippen MR) is 51.6 cm³/mol. The Morgan fingerprint density at radius 3 is 2.67 bits per heavy atom. The Hall–Kier alpha value is 0.0200. The Balaban J connectivity index is 3.20. The van der Waals surface area contributed by atoms with Crippen LogP contribution in [0.3, 0.4) is 0 Å². The third kappa shape index (κ3) is 8.12. The molecule has 0 aromatic heterocycles. The van der Waals surface area contributed by atoms with Crippen LogP contribution in [0.25, 0.3) is 0 Å². The maximum atomic E-state index is 11.1. The molecular formula is C8H19NO2P+. The van der Waals surface area contributed by atoms with Crippen molar-refractivity contribution < 1.29 is 9.09 Å². The molecule has 0 aromatic rings. The van der Waals surface area contributed by atoms with Crippen LogP contribution in [0.4, 0.5) is 0 Å². The third-order valence-corrected chi connectivity index (χ3v) is 2.63. The molecule has 3 nitrogen and oxygen atoms in total. The summed E-state index contributed by atoms with van der Waals surface area (Å²) in [5.41, 5.74) is 5.27. The van der Waals surface area contributed by atoms with Crippen LogP contribution >= 0.6 is 8.03 Å². The van der Waals surface area contributed by atoms with E-state index in [2.05, 4.69) is 13.8 Å². The molecule has 2 N–H and O–H groups in total. The van der Waals surface area contributed by atoms with Crippen molar-refractivity contribution >= 4 is 8.03 Å². The minimum atomic E-state index is -1.45. The first-order chi connectivity index (χ1) is 5.66. The van der Waals surface area contributed by atoms with E-state index in [0.29, 0.717) is 25.2 Å². The summed E-state index contributed by atoms with van der Waals surface area (Å²) in [5.74, 6) is 0.614. The van der Waals surface area contributed by atoms with E-state index in [1.165, 1.54) is 0 Å². The molecule has 0 saturated carbocycles. The van der Waals surface area contributed by atoms with Gasteiger partial charge in [-0.2, -0.15) is 0 Å². The fourth-order valence-corrected chi connectivity index (χ4v) is 1.55. The van der Waals surface area contributed by atoms with Crippen LogP contribution in [0.5, 0.6) is 0 Å². The highest BCUT2D eigenvalue weighted by molar-refractivity contribution is 7.39. The summed E-state index contributed by atoms with van der Waals surface area (Å²) in [6.45, 7) is 5.44. The van der Waals surface area contributed by atoms with Gasteiger partial charge in [0.15, 0.2) is 6.16 Å². The van der Waals surface area contributed by atoms with E-state index >= 15 is 0 Å².